The second-order valence-electron chi connectivity index (χ2n) is 4.50. The lowest BCUT2D eigenvalue weighted by Crippen LogP contribution is -2.13. The van der Waals surface area contributed by atoms with Gasteiger partial charge in [-0.15, -0.1) is 0 Å². The van der Waals surface area contributed by atoms with E-state index in [1.807, 2.05) is 0 Å². The van der Waals surface area contributed by atoms with Crippen molar-refractivity contribution >= 4 is 23.5 Å². The number of ether oxygens (including phenoxy) is 2. The van der Waals surface area contributed by atoms with E-state index in [4.69, 9.17) is 26.8 Å². The Labute approximate surface area is 132 Å². The van der Waals surface area contributed by atoms with Crippen molar-refractivity contribution in [2.45, 2.75) is 6.42 Å². The van der Waals surface area contributed by atoms with Crippen molar-refractivity contribution in [3.8, 4) is 11.5 Å². The summed E-state index contributed by atoms with van der Waals surface area (Å²) in [5.74, 6) is -0.216. The van der Waals surface area contributed by atoms with Gasteiger partial charge in [0, 0.05) is 10.6 Å². The number of carbonyl (C=O) groups is 2. The Morgan fingerprint density at radius 2 is 1.91 bits per heavy atom. The fourth-order valence-corrected chi connectivity index (χ4v) is 2.07. The number of carbonyl (C=O) groups excluding carboxylic acids is 2. The van der Waals surface area contributed by atoms with Gasteiger partial charge >= 0.3 is 5.97 Å². The molecule has 0 heterocycles. The van der Waals surface area contributed by atoms with E-state index in [9.17, 15) is 9.59 Å². The predicted octanol–water partition coefficient (Wildman–Crippen LogP) is 2.60. The minimum absolute atomic E-state index is 0.00360. The van der Waals surface area contributed by atoms with Gasteiger partial charge in [-0.3, -0.25) is 9.59 Å². The van der Waals surface area contributed by atoms with Gasteiger partial charge in [0.2, 0.25) is 5.91 Å². The van der Waals surface area contributed by atoms with Gasteiger partial charge in [0.25, 0.3) is 0 Å². The van der Waals surface area contributed by atoms with Crippen molar-refractivity contribution in [1.82, 2.24) is 0 Å². The van der Waals surface area contributed by atoms with E-state index in [0.717, 1.165) is 0 Å². The van der Waals surface area contributed by atoms with Crippen LogP contribution in [0.2, 0.25) is 5.02 Å². The number of primary amides is 1. The van der Waals surface area contributed by atoms with E-state index in [0.29, 0.717) is 16.3 Å². The summed E-state index contributed by atoms with van der Waals surface area (Å²) in [4.78, 5) is 23.0. The highest BCUT2D eigenvalue weighted by Crippen LogP contribution is 2.23. The third kappa shape index (κ3) is 3.99. The maximum atomic E-state index is 11.9. The Morgan fingerprint density at radius 1 is 1.14 bits per heavy atom. The molecule has 0 saturated heterocycles. The van der Waals surface area contributed by atoms with Gasteiger partial charge in [-0.05, 0) is 35.9 Å². The minimum atomic E-state index is -0.587. The zero-order chi connectivity index (χ0) is 16.1. The molecule has 0 aliphatic heterocycles. The third-order valence-electron chi connectivity index (χ3n) is 2.95. The van der Waals surface area contributed by atoms with Crippen LogP contribution in [0.25, 0.3) is 0 Å². The monoisotopic (exact) mass is 319 g/mol. The molecular formula is C16H14ClNO4. The van der Waals surface area contributed by atoms with E-state index in [2.05, 4.69) is 0 Å². The molecular weight excluding hydrogens is 306 g/mol. The average Bonchev–Trinajstić information content (AvgIpc) is 2.49. The number of methoxy groups -OCH3 is 1. The van der Waals surface area contributed by atoms with E-state index in [1.165, 1.54) is 13.2 Å². The molecule has 0 unspecified atom stereocenters. The SMILES string of the molecule is COc1ccc(CC(=O)Oc2cccc(C(N)=O)c2)c(Cl)c1. The first-order valence-electron chi connectivity index (χ1n) is 6.42. The fraction of sp³-hybridized carbons (Fsp3) is 0.125. The molecule has 1 amide bonds. The van der Waals surface area contributed by atoms with Crippen LogP contribution in [-0.2, 0) is 11.2 Å². The molecule has 0 aromatic heterocycles. The number of amides is 1. The minimum Gasteiger partial charge on any atom is -0.497 e. The van der Waals surface area contributed by atoms with Crippen LogP contribution in [0.5, 0.6) is 11.5 Å². The third-order valence-corrected chi connectivity index (χ3v) is 3.30. The maximum Gasteiger partial charge on any atom is 0.315 e. The van der Waals surface area contributed by atoms with Crippen LogP contribution in [0.3, 0.4) is 0 Å². The summed E-state index contributed by atoms with van der Waals surface area (Å²) >= 11 is 6.07. The maximum absolute atomic E-state index is 11.9. The Bertz CT molecular complexity index is 715. The van der Waals surface area contributed by atoms with Crippen LogP contribution in [0.15, 0.2) is 42.5 Å². The van der Waals surface area contributed by atoms with Crippen LogP contribution < -0.4 is 15.2 Å². The normalized spacial score (nSPS) is 10.1. The molecule has 2 rings (SSSR count). The first-order chi connectivity index (χ1) is 10.5. The van der Waals surface area contributed by atoms with Gasteiger partial charge in [-0.1, -0.05) is 23.7 Å². The number of nitrogens with two attached hydrogens (primary N) is 1. The molecule has 22 heavy (non-hydrogen) atoms. The van der Waals surface area contributed by atoms with Crippen LogP contribution in [0, 0.1) is 0 Å². The predicted molar refractivity (Wildman–Crippen MR) is 82.3 cm³/mol. The summed E-state index contributed by atoms with van der Waals surface area (Å²) in [6, 6.07) is 11.1. The summed E-state index contributed by atoms with van der Waals surface area (Å²) in [5.41, 5.74) is 6.07. The van der Waals surface area contributed by atoms with E-state index in [-0.39, 0.29) is 17.7 Å². The van der Waals surface area contributed by atoms with Crippen molar-refractivity contribution in [2.24, 2.45) is 5.73 Å². The molecule has 0 spiro atoms. The van der Waals surface area contributed by atoms with E-state index < -0.39 is 11.9 Å². The second-order valence-corrected chi connectivity index (χ2v) is 4.91. The smallest absolute Gasteiger partial charge is 0.315 e. The van der Waals surface area contributed by atoms with Crippen LogP contribution in [0.4, 0.5) is 0 Å². The van der Waals surface area contributed by atoms with Crippen LogP contribution in [-0.4, -0.2) is 19.0 Å². The van der Waals surface area contributed by atoms with Gasteiger partial charge < -0.3 is 15.2 Å². The van der Waals surface area contributed by atoms with Crippen molar-refractivity contribution in [1.29, 1.82) is 0 Å². The second kappa shape index (κ2) is 6.95. The number of hydrogen-bond donors (Lipinski definition) is 1. The molecule has 0 bridgehead atoms. The Kier molecular flexibility index (Phi) is 5.01. The van der Waals surface area contributed by atoms with Gasteiger partial charge in [0.1, 0.15) is 11.5 Å². The highest BCUT2D eigenvalue weighted by Gasteiger charge is 2.11. The average molecular weight is 320 g/mol. The lowest BCUT2D eigenvalue weighted by Gasteiger charge is -2.08. The Hall–Kier alpha value is -2.53. The molecule has 0 fully saturated rings. The summed E-state index contributed by atoms with van der Waals surface area (Å²) in [6.45, 7) is 0. The molecule has 0 atom stereocenters. The number of rotatable bonds is 5. The molecule has 2 N–H and O–H groups in total. The number of benzene rings is 2. The van der Waals surface area contributed by atoms with Crippen LogP contribution >= 0.6 is 11.6 Å². The number of halogens is 1. The Balaban J connectivity index is 2.07. The molecule has 2 aromatic rings. The molecule has 2 aromatic carbocycles. The summed E-state index contributed by atoms with van der Waals surface area (Å²) < 4.78 is 10.2. The first kappa shape index (κ1) is 15.9. The van der Waals surface area contributed by atoms with Gasteiger partial charge in [0.05, 0.1) is 13.5 Å². The van der Waals surface area contributed by atoms with Crippen molar-refractivity contribution in [3.05, 3.63) is 58.6 Å². The van der Waals surface area contributed by atoms with Gasteiger partial charge in [0.15, 0.2) is 0 Å². The van der Waals surface area contributed by atoms with E-state index >= 15 is 0 Å². The highest BCUT2D eigenvalue weighted by atomic mass is 35.5. The zero-order valence-corrected chi connectivity index (χ0v) is 12.6. The molecule has 0 saturated carbocycles. The Morgan fingerprint density at radius 3 is 2.55 bits per heavy atom. The lowest BCUT2D eigenvalue weighted by molar-refractivity contribution is -0.133. The zero-order valence-electron chi connectivity index (χ0n) is 11.8. The largest absolute Gasteiger partial charge is 0.497 e. The van der Waals surface area contributed by atoms with Crippen molar-refractivity contribution < 1.29 is 19.1 Å². The number of esters is 1. The molecule has 6 heteroatoms. The molecule has 114 valence electrons. The summed E-state index contributed by atoms with van der Waals surface area (Å²) in [5, 5.41) is 0.419. The fourth-order valence-electron chi connectivity index (χ4n) is 1.83. The summed E-state index contributed by atoms with van der Waals surface area (Å²) in [7, 11) is 1.53. The van der Waals surface area contributed by atoms with Crippen molar-refractivity contribution in [3.63, 3.8) is 0 Å². The van der Waals surface area contributed by atoms with Crippen molar-refractivity contribution in [2.75, 3.05) is 7.11 Å². The standard InChI is InChI=1S/C16H14ClNO4/c1-21-12-6-5-10(14(17)9-12)8-15(19)22-13-4-2-3-11(7-13)16(18)20/h2-7,9H,8H2,1H3,(H2,18,20). The number of hydrogen-bond acceptors (Lipinski definition) is 4. The molecule has 0 aliphatic rings. The summed E-state index contributed by atoms with van der Waals surface area (Å²) in [6.07, 6.45) is 0.00360. The lowest BCUT2D eigenvalue weighted by atomic mass is 10.1. The van der Waals surface area contributed by atoms with Crippen LogP contribution in [0.1, 0.15) is 15.9 Å². The van der Waals surface area contributed by atoms with Gasteiger partial charge in [-0.25, -0.2) is 0 Å². The quantitative estimate of drug-likeness (QED) is 0.678. The molecule has 5 nitrogen and oxygen atoms in total. The molecule has 0 aliphatic carbocycles. The van der Waals surface area contributed by atoms with Gasteiger partial charge in [-0.2, -0.15) is 0 Å². The first-order valence-corrected chi connectivity index (χ1v) is 6.80. The topological polar surface area (TPSA) is 78.6 Å². The van der Waals surface area contributed by atoms with E-state index in [1.54, 1.807) is 36.4 Å². The molecule has 0 radical (unpaired) electrons. The highest BCUT2D eigenvalue weighted by molar-refractivity contribution is 6.31.